The molecule has 1 saturated carbocycles. The fourth-order valence-electron chi connectivity index (χ4n) is 3.16. The number of furan rings is 1. The van der Waals surface area contributed by atoms with Gasteiger partial charge in [-0.2, -0.15) is 8.42 Å². The molecule has 4 N–H and O–H groups in total. The van der Waals surface area contributed by atoms with E-state index < -0.39 is 28.1 Å². The van der Waals surface area contributed by atoms with Crippen LogP contribution in [0.4, 0.5) is 5.82 Å². The Balaban J connectivity index is 1.72. The lowest BCUT2D eigenvalue weighted by atomic mass is 10.1. The summed E-state index contributed by atoms with van der Waals surface area (Å²) in [5.41, 5.74) is 0.409. The maximum absolute atomic E-state index is 12.7. The van der Waals surface area contributed by atoms with E-state index in [1.165, 1.54) is 31.8 Å². The van der Waals surface area contributed by atoms with E-state index in [1.54, 1.807) is 0 Å². The average molecular weight is 424 g/mol. The SMILES string of the molecule is CC(=O)c1coc(C(=O)c2cncnc2N[C@@H]2C[C@H](COS(N)(=O)=O)[C@@H](O)C2)c1. The van der Waals surface area contributed by atoms with Crippen molar-refractivity contribution in [2.45, 2.75) is 31.9 Å². The summed E-state index contributed by atoms with van der Waals surface area (Å²) >= 11 is 0. The molecule has 0 spiro atoms. The molecule has 0 aromatic carbocycles. The highest BCUT2D eigenvalue weighted by molar-refractivity contribution is 7.84. The maximum Gasteiger partial charge on any atom is 0.333 e. The molecule has 11 nitrogen and oxygen atoms in total. The van der Waals surface area contributed by atoms with Crippen molar-refractivity contribution < 1.29 is 31.7 Å². The van der Waals surface area contributed by atoms with Gasteiger partial charge in [-0.25, -0.2) is 15.1 Å². The topological polar surface area (TPSA) is 175 Å². The van der Waals surface area contributed by atoms with Crippen LogP contribution in [0, 0.1) is 5.92 Å². The molecule has 0 aliphatic heterocycles. The Morgan fingerprint density at radius 1 is 1.41 bits per heavy atom. The molecule has 2 aromatic heterocycles. The number of ketones is 2. The highest BCUT2D eigenvalue weighted by Crippen LogP contribution is 2.30. The first kappa shape index (κ1) is 21.0. The number of carbonyl (C=O) groups is 2. The molecule has 3 atom stereocenters. The lowest BCUT2D eigenvalue weighted by molar-refractivity contribution is 0.100. The minimum Gasteiger partial charge on any atom is -0.460 e. The van der Waals surface area contributed by atoms with Crippen molar-refractivity contribution in [1.29, 1.82) is 0 Å². The van der Waals surface area contributed by atoms with Crippen molar-refractivity contribution in [2.75, 3.05) is 11.9 Å². The summed E-state index contributed by atoms with van der Waals surface area (Å²) in [5, 5.41) is 18.0. The van der Waals surface area contributed by atoms with Crippen molar-refractivity contribution in [3.63, 3.8) is 0 Å². The molecule has 156 valence electrons. The van der Waals surface area contributed by atoms with Crippen molar-refractivity contribution in [3.8, 4) is 0 Å². The maximum atomic E-state index is 12.7. The summed E-state index contributed by atoms with van der Waals surface area (Å²) in [5.74, 6) is -0.985. The number of carbonyl (C=O) groups excluding carboxylic acids is 2. The van der Waals surface area contributed by atoms with Crippen molar-refractivity contribution in [3.05, 3.63) is 41.7 Å². The molecule has 1 fully saturated rings. The van der Waals surface area contributed by atoms with Gasteiger partial charge in [0.1, 0.15) is 18.4 Å². The summed E-state index contributed by atoms with van der Waals surface area (Å²) in [6.07, 6.45) is 3.65. The number of anilines is 1. The molecular weight excluding hydrogens is 404 g/mol. The third-order valence-corrected chi connectivity index (χ3v) is 5.10. The van der Waals surface area contributed by atoms with Crippen LogP contribution in [0.2, 0.25) is 0 Å². The molecule has 1 aliphatic rings. The smallest absolute Gasteiger partial charge is 0.333 e. The van der Waals surface area contributed by atoms with Gasteiger partial charge < -0.3 is 14.8 Å². The van der Waals surface area contributed by atoms with E-state index in [0.29, 0.717) is 12.8 Å². The number of Topliss-reactive ketones (excluding diaryl/α,β-unsaturated/α-hetero) is 1. The molecule has 0 unspecified atom stereocenters. The van der Waals surface area contributed by atoms with Crippen LogP contribution >= 0.6 is 0 Å². The van der Waals surface area contributed by atoms with Crippen LogP contribution in [0.5, 0.6) is 0 Å². The van der Waals surface area contributed by atoms with Gasteiger partial charge in [-0.3, -0.25) is 13.8 Å². The van der Waals surface area contributed by atoms with Crippen LogP contribution in [0.25, 0.3) is 0 Å². The van der Waals surface area contributed by atoms with Gasteiger partial charge in [-0.05, 0) is 25.8 Å². The van der Waals surface area contributed by atoms with E-state index in [2.05, 4.69) is 19.5 Å². The second-order valence-corrected chi connectivity index (χ2v) is 8.01. The number of aliphatic hydroxyl groups excluding tert-OH is 1. The molecule has 29 heavy (non-hydrogen) atoms. The van der Waals surface area contributed by atoms with Crippen LogP contribution < -0.4 is 10.5 Å². The Bertz CT molecular complexity index is 1020. The minimum atomic E-state index is -4.10. The predicted molar refractivity (Wildman–Crippen MR) is 99.4 cm³/mol. The summed E-state index contributed by atoms with van der Waals surface area (Å²) in [6, 6.07) is 1.06. The van der Waals surface area contributed by atoms with Crippen molar-refractivity contribution in [1.82, 2.24) is 9.97 Å². The highest BCUT2D eigenvalue weighted by Gasteiger charge is 2.35. The molecule has 0 amide bonds. The van der Waals surface area contributed by atoms with E-state index in [1.807, 2.05) is 0 Å². The molecule has 3 rings (SSSR count). The van der Waals surface area contributed by atoms with Crippen LogP contribution in [-0.4, -0.2) is 53.8 Å². The standard InChI is InChI=1S/C17H20N4O7S/c1-9(22)10-3-15(27-6-10)16(24)13-5-19-8-20-17(13)21-12-2-11(14(23)4-12)7-28-29(18,25)26/h3,5-6,8,11-12,14,23H,2,4,7H2,1H3,(H2,18,25,26)(H,19,20,21)/t11-,12-,14+/m1/s1. The predicted octanol–water partition coefficient (Wildman–Crippen LogP) is 0.275. The Labute approximate surface area is 166 Å². The average Bonchev–Trinajstić information content (AvgIpc) is 3.26. The van der Waals surface area contributed by atoms with E-state index in [9.17, 15) is 23.1 Å². The number of nitrogens with two attached hydrogens (primary N) is 1. The molecule has 2 heterocycles. The zero-order valence-electron chi connectivity index (χ0n) is 15.4. The van der Waals surface area contributed by atoms with Crippen molar-refractivity contribution >= 4 is 27.7 Å². The van der Waals surface area contributed by atoms with Gasteiger partial charge in [0, 0.05) is 18.2 Å². The largest absolute Gasteiger partial charge is 0.460 e. The van der Waals surface area contributed by atoms with Gasteiger partial charge >= 0.3 is 10.3 Å². The van der Waals surface area contributed by atoms with E-state index in [-0.39, 0.29) is 41.1 Å². The van der Waals surface area contributed by atoms with Gasteiger partial charge in [0.2, 0.25) is 5.78 Å². The number of hydrogen-bond donors (Lipinski definition) is 3. The normalized spacial score (nSPS) is 21.8. The Hall–Kier alpha value is -2.67. The number of hydrogen-bond acceptors (Lipinski definition) is 10. The fourth-order valence-corrected chi connectivity index (χ4v) is 3.52. The lowest BCUT2D eigenvalue weighted by Gasteiger charge is -2.15. The third-order valence-electron chi connectivity index (χ3n) is 4.63. The second-order valence-electron chi connectivity index (χ2n) is 6.79. The first-order chi connectivity index (χ1) is 13.6. The lowest BCUT2D eigenvalue weighted by Crippen LogP contribution is -2.24. The number of aromatic nitrogens is 2. The van der Waals surface area contributed by atoms with Crippen LogP contribution in [0.15, 0.2) is 29.3 Å². The number of aliphatic hydroxyl groups is 1. The fraction of sp³-hybridized carbons (Fsp3) is 0.412. The third kappa shape index (κ3) is 5.23. The molecule has 2 aromatic rings. The van der Waals surface area contributed by atoms with Gasteiger partial charge in [-0.15, -0.1) is 0 Å². The minimum absolute atomic E-state index is 0.0288. The molecular formula is C17H20N4O7S. The van der Waals surface area contributed by atoms with Gasteiger partial charge in [0.15, 0.2) is 11.5 Å². The quantitative estimate of drug-likeness (QED) is 0.499. The van der Waals surface area contributed by atoms with E-state index >= 15 is 0 Å². The van der Waals surface area contributed by atoms with Crippen LogP contribution in [0.3, 0.4) is 0 Å². The molecule has 12 heteroatoms. The highest BCUT2D eigenvalue weighted by atomic mass is 32.2. The number of nitrogens with one attached hydrogen (secondary N) is 1. The number of nitrogens with zero attached hydrogens (tertiary/aromatic N) is 2. The summed E-state index contributed by atoms with van der Waals surface area (Å²) in [7, 11) is -4.10. The summed E-state index contributed by atoms with van der Waals surface area (Å²) < 4.78 is 31.6. The summed E-state index contributed by atoms with van der Waals surface area (Å²) in [4.78, 5) is 32.1. The first-order valence-corrected chi connectivity index (χ1v) is 10.2. The Morgan fingerprint density at radius 3 is 2.83 bits per heavy atom. The second kappa shape index (κ2) is 8.37. The summed E-state index contributed by atoms with van der Waals surface area (Å²) in [6.45, 7) is 1.12. The number of rotatable bonds is 8. The van der Waals surface area contributed by atoms with E-state index in [4.69, 9.17) is 9.56 Å². The van der Waals surface area contributed by atoms with Crippen LogP contribution in [-0.2, 0) is 14.5 Å². The Morgan fingerprint density at radius 2 is 2.17 bits per heavy atom. The van der Waals surface area contributed by atoms with Crippen molar-refractivity contribution in [2.24, 2.45) is 11.1 Å². The Kier molecular flexibility index (Phi) is 6.07. The van der Waals surface area contributed by atoms with Gasteiger partial charge in [0.25, 0.3) is 0 Å². The molecule has 0 radical (unpaired) electrons. The monoisotopic (exact) mass is 424 g/mol. The zero-order chi connectivity index (χ0) is 21.2. The van der Waals surface area contributed by atoms with Gasteiger partial charge in [-0.1, -0.05) is 0 Å². The van der Waals surface area contributed by atoms with Gasteiger partial charge in [0.05, 0.1) is 23.8 Å². The molecule has 0 bridgehead atoms. The van der Waals surface area contributed by atoms with E-state index in [0.717, 1.165) is 0 Å². The zero-order valence-corrected chi connectivity index (χ0v) is 16.3. The first-order valence-electron chi connectivity index (χ1n) is 8.70. The molecule has 1 aliphatic carbocycles. The molecule has 0 saturated heterocycles. The van der Waals surface area contributed by atoms with Crippen LogP contribution in [0.1, 0.15) is 46.2 Å².